The molecule has 3 aromatic rings. The molecule has 5 nitrogen and oxygen atoms in total. The van der Waals surface area contributed by atoms with Gasteiger partial charge in [-0.05, 0) is 61.5 Å². The third-order valence-corrected chi connectivity index (χ3v) is 4.63. The van der Waals surface area contributed by atoms with Gasteiger partial charge in [0.05, 0.1) is 7.11 Å². The van der Waals surface area contributed by atoms with Crippen LogP contribution in [0.4, 0.5) is 5.69 Å². The number of carbonyl (C=O) groups excluding carboxylic acids is 1. The summed E-state index contributed by atoms with van der Waals surface area (Å²) in [5.41, 5.74) is 3.04. The van der Waals surface area contributed by atoms with Gasteiger partial charge >= 0.3 is 0 Å². The first-order chi connectivity index (χ1) is 12.9. The molecule has 0 unspecified atom stereocenters. The number of carbonyl (C=O) groups is 1. The number of hydrogen-bond donors (Lipinski definition) is 1. The first kappa shape index (κ1) is 18.7. The highest BCUT2D eigenvalue weighted by Crippen LogP contribution is 2.21. The van der Waals surface area contributed by atoms with Crippen LogP contribution >= 0.6 is 0 Å². The fraction of sp³-hybridized carbons (Fsp3) is 0.273. The molecule has 1 amide bonds. The van der Waals surface area contributed by atoms with E-state index in [-0.39, 0.29) is 11.5 Å². The number of anilines is 1. The van der Waals surface area contributed by atoms with E-state index in [0.29, 0.717) is 28.8 Å². The van der Waals surface area contributed by atoms with Crippen LogP contribution in [0.1, 0.15) is 35.0 Å². The molecule has 0 spiro atoms. The Bertz CT molecular complexity index is 1070. The number of aryl methyl sites for hydroxylation is 2. The van der Waals surface area contributed by atoms with E-state index in [2.05, 4.69) is 5.32 Å². The second-order valence-electron chi connectivity index (χ2n) is 6.71. The molecule has 1 heterocycles. The van der Waals surface area contributed by atoms with Gasteiger partial charge in [-0.2, -0.15) is 0 Å². The summed E-state index contributed by atoms with van der Waals surface area (Å²) in [5, 5.41) is 4.21. The number of ether oxygens (including phenoxy) is 1. The van der Waals surface area contributed by atoms with Gasteiger partial charge in [0.15, 0.2) is 0 Å². The van der Waals surface area contributed by atoms with Crippen molar-refractivity contribution in [3.05, 3.63) is 69.6 Å². The highest BCUT2D eigenvalue weighted by molar-refractivity contribution is 6.05. The van der Waals surface area contributed by atoms with Gasteiger partial charge in [-0.1, -0.05) is 24.6 Å². The molecule has 2 aromatic carbocycles. The summed E-state index contributed by atoms with van der Waals surface area (Å²) < 4.78 is 6.80. The van der Waals surface area contributed by atoms with Crippen LogP contribution in [-0.2, 0) is 6.54 Å². The van der Waals surface area contributed by atoms with Crippen LogP contribution in [0.25, 0.3) is 10.8 Å². The van der Waals surface area contributed by atoms with Crippen LogP contribution in [0.3, 0.4) is 0 Å². The predicted octanol–water partition coefficient (Wildman–Crippen LogP) is 4.29. The standard InChI is InChI=1S/C22H24N2O3/c1-5-10-24-20(21(25)23-19-9-6-14(2)11-15(19)3)13-16-12-17(27-4)7-8-18(16)22(24)26/h6-9,11-13H,5,10H2,1-4H3,(H,23,25). The van der Waals surface area contributed by atoms with Crippen molar-refractivity contribution in [1.82, 2.24) is 4.57 Å². The van der Waals surface area contributed by atoms with E-state index in [1.807, 2.05) is 39.0 Å². The number of fused-ring (bicyclic) bond motifs is 1. The average molecular weight is 364 g/mol. The zero-order chi connectivity index (χ0) is 19.6. The molecule has 3 rings (SSSR count). The highest BCUT2D eigenvalue weighted by atomic mass is 16.5. The van der Waals surface area contributed by atoms with Crippen LogP contribution < -0.4 is 15.6 Å². The van der Waals surface area contributed by atoms with Gasteiger partial charge in [-0.25, -0.2) is 0 Å². The van der Waals surface area contributed by atoms with Crippen LogP contribution in [0.15, 0.2) is 47.3 Å². The molecule has 5 heteroatoms. The number of rotatable bonds is 5. The number of methoxy groups -OCH3 is 1. The molecule has 27 heavy (non-hydrogen) atoms. The molecule has 0 radical (unpaired) electrons. The van der Waals surface area contributed by atoms with Crippen molar-refractivity contribution in [1.29, 1.82) is 0 Å². The van der Waals surface area contributed by atoms with Crippen molar-refractivity contribution in [2.45, 2.75) is 33.7 Å². The third kappa shape index (κ3) is 3.72. The number of aromatic nitrogens is 1. The quantitative estimate of drug-likeness (QED) is 0.735. The van der Waals surface area contributed by atoms with Crippen molar-refractivity contribution in [3.8, 4) is 5.75 Å². The highest BCUT2D eigenvalue weighted by Gasteiger charge is 2.16. The van der Waals surface area contributed by atoms with Gasteiger partial charge in [0.1, 0.15) is 11.4 Å². The number of hydrogen-bond acceptors (Lipinski definition) is 3. The van der Waals surface area contributed by atoms with Crippen molar-refractivity contribution in [3.63, 3.8) is 0 Å². The summed E-state index contributed by atoms with van der Waals surface area (Å²) in [6, 6.07) is 12.9. The number of benzene rings is 2. The number of nitrogens with zero attached hydrogens (tertiary/aromatic N) is 1. The molecular weight excluding hydrogens is 340 g/mol. The Kier molecular flexibility index (Phi) is 5.31. The van der Waals surface area contributed by atoms with E-state index in [1.54, 1.807) is 35.9 Å². The molecule has 0 bridgehead atoms. The number of amides is 1. The summed E-state index contributed by atoms with van der Waals surface area (Å²) in [7, 11) is 1.58. The molecular formula is C22H24N2O3. The van der Waals surface area contributed by atoms with Crippen LogP contribution in [-0.4, -0.2) is 17.6 Å². The Hall–Kier alpha value is -3.08. The Morgan fingerprint density at radius 1 is 1.11 bits per heavy atom. The maximum Gasteiger partial charge on any atom is 0.272 e. The third-order valence-electron chi connectivity index (χ3n) is 4.63. The van der Waals surface area contributed by atoms with Crippen LogP contribution in [0.5, 0.6) is 5.75 Å². The lowest BCUT2D eigenvalue weighted by Crippen LogP contribution is -2.29. The molecule has 0 atom stereocenters. The van der Waals surface area contributed by atoms with Gasteiger partial charge in [0.2, 0.25) is 0 Å². The SMILES string of the molecule is CCCn1c(C(=O)Nc2ccc(C)cc2C)cc2cc(OC)ccc2c1=O. The monoisotopic (exact) mass is 364 g/mol. The van der Waals surface area contributed by atoms with E-state index in [4.69, 9.17) is 4.74 Å². The Balaban J connectivity index is 2.11. The fourth-order valence-corrected chi connectivity index (χ4v) is 3.24. The maximum atomic E-state index is 13.0. The van der Waals surface area contributed by atoms with Crippen molar-refractivity contribution in [2.75, 3.05) is 12.4 Å². The Morgan fingerprint density at radius 2 is 1.89 bits per heavy atom. The molecule has 0 aliphatic heterocycles. The number of pyridine rings is 1. The van der Waals surface area contributed by atoms with Crippen LogP contribution in [0.2, 0.25) is 0 Å². The van der Waals surface area contributed by atoms with E-state index in [9.17, 15) is 9.59 Å². The lowest BCUT2D eigenvalue weighted by Gasteiger charge is -2.15. The Labute approximate surface area is 158 Å². The predicted molar refractivity (Wildman–Crippen MR) is 109 cm³/mol. The molecule has 0 saturated carbocycles. The van der Waals surface area contributed by atoms with Crippen LogP contribution in [0, 0.1) is 13.8 Å². The lowest BCUT2D eigenvalue weighted by atomic mass is 10.1. The first-order valence-electron chi connectivity index (χ1n) is 9.04. The van der Waals surface area contributed by atoms with E-state index < -0.39 is 0 Å². The minimum atomic E-state index is -0.294. The van der Waals surface area contributed by atoms with Crippen molar-refractivity contribution < 1.29 is 9.53 Å². The average Bonchev–Trinajstić information content (AvgIpc) is 2.65. The van der Waals surface area contributed by atoms with E-state index >= 15 is 0 Å². The van der Waals surface area contributed by atoms with Crippen molar-refractivity contribution in [2.24, 2.45) is 0 Å². The summed E-state index contributed by atoms with van der Waals surface area (Å²) in [5.74, 6) is 0.355. The maximum absolute atomic E-state index is 13.0. The summed E-state index contributed by atoms with van der Waals surface area (Å²) >= 11 is 0. The van der Waals surface area contributed by atoms with Crippen molar-refractivity contribution >= 4 is 22.4 Å². The Morgan fingerprint density at radius 3 is 2.56 bits per heavy atom. The molecule has 1 N–H and O–H groups in total. The zero-order valence-corrected chi connectivity index (χ0v) is 16.1. The number of nitrogens with one attached hydrogen (secondary N) is 1. The summed E-state index contributed by atoms with van der Waals surface area (Å²) in [6.07, 6.45) is 0.755. The first-order valence-corrected chi connectivity index (χ1v) is 9.04. The molecule has 1 aromatic heterocycles. The molecule has 0 fully saturated rings. The topological polar surface area (TPSA) is 60.3 Å². The van der Waals surface area contributed by atoms with E-state index in [0.717, 1.165) is 23.2 Å². The molecule has 0 aliphatic rings. The minimum Gasteiger partial charge on any atom is -0.497 e. The van der Waals surface area contributed by atoms with Gasteiger partial charge in [-0.3, -0.25) is 9.59 Å². The molecule has 0 saturated heterocycles. The normalized spacial score (nSPS) is 10.8. The largest absolute Gasteiger partial charge is 0.497 e. The zero-order valence-electron chi connectivity index (χ0n) is 16.1. The smallest absolute Gasteiger partial charge is 0.272 e. The summed E-state index contributed by atoms with van der Waals surface area (Å²) in [6.45, 7) is 6.42. The fourth-order valence-electron chi connectivity index (χ4n) is 3.24. The van der Waals surface area contributed by atoms with Gasteiger partial charge < -0.3 is 14.6 Å². The molecule has 0 aliphatic carbocycles. The minimum absolute atomic E-state index is 0.164. The second-order valence-corrected chi connectivity index (χ2v) is 6.71. The van der Waals surface area contributed by atoms with Gasteiger partial charge in [0, 0.05) is 17.6 Å². The second kappa shape index (κ2) is 7.66. The molecule has 140 valence electrons. The van der Waals surface area contributed by atoms with Gasteiger partial charge in [0.25, 0.3) is 11.5 Å². The lowest BCUT2D eigenvalue weighted by molar-refractivity contribution is 0.101. The van der Waals surface area contributed by atoms with Gasteiger partial charge in [-0.15, -0.1) is 0 Å². The van der Waals surface area contributed by atoms with E-state index in [1.165, 1.54) is 0 Å². The summed E-state index contributed by atoms with van der Waals surface area (Å²) in [4.78, 5) is 25.9.